The summed E-state index contributed by atoms with van der Waals surface area (Å²) in [6, 6.07) is 1.85. The molecule has 0 aliphatic carbocycles. The topological polar surface area (TPSA) is 81.4 Å². The van der Waals surface area contributed by atoms with Crippen LogP contribution in [-0.4, -0.2) is 45.1 Å². The van der Waals surface area contributed by atoms with Crippen LogP contribution in [0.3, 0.4) is 0 Å². The molecule has 0 unspecified atom stereocenters. The number of aryl methyl sites for hydroxylation is 4. The van der Waals surface area contributed by atoms with Crippen LogP contribution >= 0.6 is 0 Å². The molecule has 7 heteroatoms. The number of rotatable bonds is 4. The molecule has 1 amide bonds. The van der Waals surface area contributed by atoms with E-state index in [0.29, 0.717) is 31.2 Å². The molecule has 0 atom stereocenters. The molecule has 0 spiro atoms. The SMILES string of the molecule is Cc1cc(OC2CCN(C(=O)Cc3c(C)noc3C)CC2)nc(C)n1. The smallest absolute Gasteiger partial charge is 0.227 e. The van der Waals surface area contributed by atoms with Gasteiger partial charge in [0, 0.05) is 43.3 Å². The van der Waals surface area contributed by atoms with Crippen molar-refractivity contribution < 1.29 is 14.1 Å². The van der Waals surface area contributed by atoms with Crippen molar-refractivity contribution in [2.45, 2.75) is 53.1 Å². The van der Waals surface area contributed by atoms with Crippen molar-refractivity contribution in [2.24, 2.45) is 0 Å². The molecule has 134 valence electrons. The lowest BCUT2D eigenvalue weighted by Crippen LogP contribution is -2.42. The largest absolute Gasteiger partial charge is 0.474 e. The predicted molar refractivity (Wildman–Crippen MR) is 91.4 cm³/mol. The van der Waals surface area contributed by atoms with Crippen molar-refractivity contribution in [3.63, 3.8) is 0 Å². The first-order chi connectivity index (χ1) is 11.9. The third-order valence-corrected chi connectivity index (χ3v) is 4.53. The maximum atomic E-state index is 12.5. The Morgan fingerprint density at radius 3 is 2.56 bits per heavy atom. The van der Waals surface area contributed by atoms with E-state index in [2.05, 4.69) is 15.1 Å². The minimum absolute atomic E-state index is 0.0804. The molecule has 0 saturated carbocycles. The lowest BCUT2D eigenvalue weighted by atomic mass is 10.1. The first kappa shape index (κ1) is 17.4. The van der Waals surface area contributed by atoms with Gasteiger partial charge in [0.15, 0.2) is 0 Å². The number of aromatic nitrogens is 3. The summed E-state index contributed by atoms with van der Waals surface area (Å²) in [4.78, 5) is 23.0. The molecule has 2 aromatic heterocycles. The summed E-state index contributed by atoms with van der Waals surface area (Å²) in [7, 11) is 0. The van der Waals surface area contributed by atoms with E-state index in [9.17, 15) is 4.79 Å². The fourth-order valence-corrected chi connectivity index (χ4v) is 3.15. The molecule has 3 heterocycles. The van der Waals surface area contributed by atoms with Gasteiger partial charge in [-0.05, 0) is 27.7 Å². The average molecular weight is 344 g/mol. The number of ether oxygens (including phenoxy) is 1. The highest BCUT2D eigenvalue weighted by molar-refractivity contribution is 5.79. The second-order valence-corrected chi connectivity index (χ2v) is 6.57. The summed E-state index contributed by atoms with van der Waals surface area (Å²) < 4.78 is 11.1. The number of carbonyl (C=O) groups is 1. The van der Waals surface area contributed by atoms with Crippen LogP contribution in [0.25, 0.3) is 0 Å². The van der Waals surface area contributed by atoms with E-state index < -0.39 is 0 Å². The van der Waals surface area contributed by atoms with Gasteiger partial charge in [0.05, 0.1) is 12.1 Å². The van der Waals surface area contributed by atoms with Gasteiger partial charge in [-0.25, -0.2) is 4.98 Å². The second kappa shape index (κ2) is 7.21. The molecule has 3 rings (SSSR count). The highest BCUT2D eigenvalue weighted by atomic mass is 16.5. The van der Waals surface area contributed by atoms with Crippen molar-refractivity contribution >= 4 is 5.91 Å². The molecule has 7 nitrogen and oxygen atoms in total. The monoisotopic (exact) mass is 344 g/mol. The molecule has 0 N–H and O–H groups in total. The van der Waals surface area contributed by atoms with Gasteiger partial charge >= 0.3 is 0 Å². The van der Waals surface area contributed by atoms with E-state index in [1.54, 1.807) is 0 Å². The lowest BCUT2D eigenvalue weighted by molar-refractivity contribution is -0.132. The molecule has 0 bridgehead atoms. The zero-order valence-electron chi connectivity index (χ0n) is 15.2. The van der Waals surface area contributed by atoms with Gasteiger partial charge in [0.2, 0.25) is 11.8 Å². The standard InChI is InChI=1S/C18H24N4O3/c1-11-9-17(20-14(4)19-11)24-15-5-7-22(8-6-15)18(23)10-16-12(2)21-25-13(16)3/h9,15H,5-8,10H2,1-4H3. The number of hydrogen-bond donors (Lipinski definition) is 0. The van der Waals surface area contributed by atoms with Crippen LogP contribution in [0.1, 0.15) is 41.4 Å². The fraction of sp³-hybridized carbons (Fsp3) is 0.556. The highest BCUT2D eigenvalue weighted by Crippen LogP contribution is 2.20. The normalized spacial score (nSPS) is 15.4. The molecule has 1 aliphatic heterocycles. The van der Waals surface area contributed by atoms with E-state index >= 15 is 0 Å². The van der Waals surface area contributed by atoms with E-state index in [1.807, 2.05) is 38.7 Å². The third kappa shape index (κ3) is 4.15. The maximum absolute atomic E-state index is 12.5. The Kier molecular flexibility index (Phi) is 5.01. The Hall–Kier alpha value is -2.44. The Balaban J connectivity index is 1.54. The Morgan fingerprint density at radius 2 is 1.96 bits per heavy atom. The number of piperidine rings is 1. The van der Waals surface area contributed by atoms with Gasteiger partial charge in [-0.2, -0.15) is 4.98 Å². The van der Waals surface area contributed by atoms with Crippen molar-refractivity contribution in [1.29, 1.82) is 0 Å². The van der Waals surface area contributed by atoms with Crippen molar-refractivity contribution in [3.05, 3.63) is 34.6 Å². The molecule has 0 aromatic carbocycles. The quantitative estimate of drug-likeness (QED) is 0.846. The second-order valence-electron chi connectivity index (χ2n) is 6.57. The minimum atomic E-state index is 0.0804. The number of likely N-dealkylation sites (tertiary alicyclic amines) is 1. The third-order valence-electron chi connectivity index (χ3n) is 4.53. The first-order valence-electron chi connectivity index (χ1n) is 8.61. The Morgan fingerprint density at radius 1 is 1.24 bits per heavy atom. The van der Waals surface area contributed by atoms with E-state index in [4.69, 9.17) is 9.26 Å². The Bertz CT molecular complexity index is 724. The fourth-order valence-electron chi connectivity index (χ4n) is 3.15. The van der Waals surface area contributed by atoms with Gasteiger partial charge in [-0.15, -0.1) is 0 Å². The van der Waals surface area contributed by atoms with E-state index in [1.165, 1.54) is 0 Å². The summed E-state index contributed by atoms with van der Waals surface area (Å²) in [5.74, 6) is 2.16. The van der Waals surface area contributed by atoms with Gasteiger partial charge in [-0.3, -0.25) is 4.79 Å². The molecule has 2 aromatic rings. The van der Waals surface area contributed by atoms with Gasteiger partial charge in [0.1, 0.15) is 17.7 Å². The number of amides is 1. The molecule has 1 aliphatic rings. The molecular formula is C18H24N4O3. The van der Waals surface area contributed by atoms with Crippen molar-refractivity contribution in [1.82, 2.24) is 20.0 Å². The van der Waals surface area contributed by atoms with Crippen LogP contribution in [0.2, 0.25) is 0 Å². The maximum Gasteiger partial charge on any atom is 0.227 e. The van der Waals surface area contributed by atoms with Crippen molar-refractivity contribution in [3.8, 4) is 5.88 Å². The molecule has 0 radical (unpaired) electrons. The molecule has 1 saturated heterocycles. The van der Waals surface area contributed by atoms with Crippen molar-refractivity contribution in [2.75, 3.05) is 13.1 Å². The number of carbonyl (C=O) groups excluding carboxylic acids is 1. The Labute approximate surface area is 147 Å². The summed E-state index contributed by atoms with van der Waals surface area (Å²) in [6.07, 6.45) is 2.03. The van der Waals surface area contributed by atoms with Gasteiger partial charge in [-0.1, -0.05) is 5.16 Å². The first-order valence-corrected chi connectivity index (χ1v) is 8.61. The average Bonchev–Trinajstić information content (AvgIpc) is 2.86. The summed E-state index contributed by atoms with van der Waals surface area (Å²) in [5.41, 5.74) is 2.59. The molecule has 25 heavy (non-hydrogen) atoms. The van der Waals surface area contributed by atoms with Gasteiger partial charge < -0.3 is 14.2 Å². The zero-order valence-corrected chi connectivity index (χ0v) is 15.2. The molecular weight excluding hydrogens is 320 g/mol. The minimum Gasteiger partial charge on any atom is -0.474 e. The number of hydrogen-bond acceptors (Lipinski definition) is 6. The lowest BCUT2D eigenvalue weighted by Gasteiger charge is -2.32. The predicted octanol–water partition coefficient (Wildman–Crippen LogP) is 2.31. The summed E-state index contributed by atoms with van der Waals surface area (Å²) in [6.45, 7) is 8.87. The van der Waals surface area contributed by atoms with Crippen LogP contribution in [0, 0.1) is 27.7 Å². The van der Waals surface area contributed by atoms with E-state index in [0.717, 1.165) is 35.6 Å². The van der Waals surface area contributed by atoms with Crippen LogP contribution in [0.5, 0.6) is 5.88 Å². The molecule has 1 fully saturated rings. The van der Waals surface area contributed by atoms with Crippen LogP contribution in [0.15, 0.2) is 10.6 Å². The van der Waals surface area contributed by atoms with Gasteiger partial charge in [0.25, 0.3) is 0 Å². The van der Waals surface area contributed by atoms with Crippen LogP contribution in [0.4, 0.5) is 0 Å². The highest BCUT2D eigenvalue weighted by Gasteiger charge is 2.25. The summed E-state index contributed by atoms with van der Waals surface area (Å²) in [5, 5.41) is 3.91. The van der Waals surface area contributed by atoms with Crippen LogP contribution in [-0.2, 0) is 11.2 Å². The number of nitrogens with zero attached hydrogens (tertiary/aromatic N) is 4. The van der Waals surface area contributed by atoms with E-state index in [-0.39, 0.29) is 12.0 Å². The zero-order chi connectivity index (χ0) is 18.0. The summed E-state index contributed by atoms with van der Waals surface area (Å²) >= 11 is 0. The van der Waals surface area contributed by atoms with Crippen LogP contribution < -0.4 is 4.74 Å².